The number of benzene rings is 1. The third-order valence-electron chi connectivity index (χ3n) is 5.52. The SMILES string of the molecule is CS(=O)(=O)N1C[C@H]2C[C@H](C1)c1ccc(NC(=O)Cc3ccccc3)c(=O)n1C2. The van der Waals surface area contributed by atoms with Gasteiger partial charge in [-0.15, -0.1) is 0 Å². The molecule has 4 rings (SSSR count). The number of hydrogen-bond donors (Lipinski definition) is 1. The van der Waals surface area contributed by atoms with E-state index in [2.05, 4.69) is 5.32 Å². The fraction of sp³-hybridized carbons (Fsp3) is 0.400. The first-order valence-electron chi connectivity index (χ1n) is 9.34. The summed E-state index contributed by atoms with van der Waals surface area (Å²) < 4.78 is 27.1. The molecule has 0 aliphatic carbocycles. The Morgan fingerprint density at radius 2 is 1.86 bits per heavy atom. The van der Waals surface area contributed by atoms with E-state index in [1.807, 2.05) is 36.4 Å². The Hall–Kier alpha value is -2.45. The largest absolute Gasteiger partial charge is 0.321 e. The molecule has 3 heterocycles. The van der Waals surface area contributed by atoms with Crippen molar-refractivity contribution in [3.05, 3.63) is 64.1 Å². The molecule has 1 aromatic heterocycles. The van der Waals surface area contributed by atoms with Crippen LogP contribution in [0.15, 0.2) is 47.3 Å². The molecule has 7 nitrogen and oxygen atoms in total. The summed E-state index contributed by atoms with van der Waals surface area (Å²) in [6.07, 6.45) is 2.31. The number of piperidine rings is 1. The average molecular weight is 401 g/mol. The number of aromatic nitrogens is 1. The van der Waals surface area contributed by atoms with Gasteiger partial charge in [0.25, 0.3) is 5.56 Å². The van der Waals surface area contributed by atoms with E-state index >= 15 is 0 Å². The summed E-state index contributed by atoms with van der Waals surface area (Å²) in [4.78, 5) is 25.2. The van der Waals surface area contributed by atoms with Crippen molar-refractivity contribution in [2.75, 3.05) is 24.7 Å². The highest BCUT2D eigenvalue weighted by Crippen LogP contribution is 2.36. The maximum Gasteiger partial charge on any atom is 0.274 e. The van der Waals surface area contributed by atoms with Crippen LogP contribution >= 0.6 is 0 Å². The van der Waals surface area contributed by atoms with Crippen LogP contribution in [0.5, 0.6) is 0 Å². The second-order valence-electron chi connectivity index (χ2n) is 7.68. The van der Waals surface area contributed by atoms with Gasteiger partial charge < -0.3 is 9.88 Å². The average Bonchev–Trinajstić information content (AvgIpc) is 2.64. The van der Waals surface area contributed by atoms with Crippen LogP contribution in [0, 0.1) is 5.92 Å². The van der Waals surface area contributed by atoms with Crippen molar-refractivity contribution in [1.29, 1.82) is 0 Å². The second-order valence-corrected chi connectivity index (χ2v) is 9.66. The van der Waals surface area contributed by atoms with Gasteiger partial charge in [0.15, 0.2) is 0 Å². The van der Waals surface area contributed by atoms with Crippen molar-refractivity contribution < 1.29 is 13.2 Å². The smallest absolute Gasteiger partial charge is 0.274 e. The van der Waals surface area contributed by atoms with Crippen LogP contribution in [0.25, 0.3) is 0 Å². The number of sulfonamides is 1. The zero-order valence-electron chi connectivity index (χ0n) is 15.7. The summed E-state index contributed by atoms with van der Waals surface area (Å²) in [7, 11) is -3.25. The van der Waals surface area contributed by atoms with Gasteiger partial charge in [0.05, 0.1) is 12.7 Å². The topological polar surface area (TPSA) is 88.5 Å². The highest BCUT2D eigenvalue weighted by atomic mass is 32.2. The predicted molar refractivity (Wildman–Crippen MR) is 107 cm³/mol. The first kappa shape index (κ1) is 18.9. The van der Waals surface area contributed by atoms with Crippen molar-refractivity contribution in [2.24, 2.45) is 5.92 Å². The standard InChI is InChI=1S/C20H23N3O4S/c1-28(26,27)22-11-15-9-16(13-22)18-8-7-17(20(25)23(18)12-15)21-19(24)10-14-5-3-2-4-6-14/h2-8,15-16H,9-13H2,1H3,(H,21,24)/t15-,16-/m1/s1. The summed E-state index contributed by atoms with van der Waals surface area (Å²) in [5.74, 6) is -0.124. The molecule has 2 aliphatic heterocycles. The lowest BCUT2D eigenvalue weighted by Crippen LogP contribution is -2.49. The minimum Gasteiger partial charge on any atom is -0.321 e. The molecule has 2 atom stereocenters. The number of nitrogens with one attached hydrogen (secondary N) is 1. The minimum atomic E-state index is -3.25. The molecule has 0 radical (unpaired) electrons. The van der Waals surface area contributed by atoms with Crippen molar-refractivity contribution in [3.8, 4) is 0 Å². The Morgan fingerprint density at radius 1 is 1.11 bits per heavy atom. The lowest BCUT2D eigenvalue weighted by Gasteiger charge is -2.41. The molecular weight excluding hydrogens is 378 g/mol. The van der Waals surface area contributed by atoms with Gasteiger partial charge in [-0.2, -0.15) is 0 Å². The van der Waals surface area contributed by atoms with E-state index in [0.717, 1.165) is 17.7 Å². The zero-order chi connectivity index (χ0) is 19.9. The molecule has 2 aliphatic rings. The summed E-state index contributed by atoms with van der Waals surface area (Å²) in [5, 5.41) is 2.73. The van der Waals surface area contributed by atoms with E-state index in [9.17, 15) is 18.0 Å². The van der Waals surface area contributed by atoms with Crippen molar-refractivity contribution in [2.45, 2.75) is 25.3 Å². The number of rotatable bonds is 4. The fourth-order valence-corrected chi connectivity index (χ4v) is 5.18. The number of nitrogens with zero attached hydrogens (tertiary/aromatic N) is 2. The van der Waals surface area contributed by atoms with Crippen molar-refractivity contribution in [3.63, 3.8) is 0 Å². The van der Waals surface area contributed by atoms with E-state index < -0.39 is 10.0 Å². The summed E-state index contributed by atoms with van der Waals surface area (Å²) >= 11 is 0. The Labute approximate surface area is 164 Å². The number of carbonyl (C=O) groups excluding carboxylic acids is 1. The number of pyridine rings is 1. The van der Waals surface area contributed by atoms with E-state index in [1.165, 1.54) is 10.6 Å². The monoisotopic (exact) mass is 401 g/mol. The van der Waals surface area contributed by atoms with Gasteiger partial charge in [-0.1, -0.05) is 30.3 Å². The maximum atomic E-state index is 12.9. The molecule has 0 saturated carbocycles. The van der Waals surface area contributed by atoms with Gasteiger partial charge >= 0.3 is 0 Å². The number of anilines is 1. The molecule has 2 aromatic rings. The van der Waals surface area contributed by atoms with Gasteiger partial charge in [0.2, 0.25) is 15.9 Å². The second kappa shape index (κ2) is 7.18. The molecule has 1 fully saturated rings. The van der Waals surface area contributed by atoms with Gasteiger partial charge in [-0.25, -0.2) is 12.7 Å². The molecule has 1 amide bonds. The molecule has 28 heavy (non-hydrogen) atoms. The van der Waals surface area contributed by atoms with E-state index in [0.29, 0.717) is 19.6 Å². The van der Waals surface area contributed by atoms with Crippen LogP contribution < -0.4 is 10.9 Å². The van der Waals surface area contributed by atoms with Crippen LogP contribution in [-0.4, -0.2) is 42.5 Å². The molecule has 1 N–H and O–H groups in total. The van der Waals surface area contributed by atoms with Crippen LogP contribution in [0.4, 0.5) is 5.69 Å². The number of fused-ring (bicyclic) bond motifs is 4. The van der Waals surface area contributed by atoms with Gasteiger partial charge in [-0.05, 0) is 30.0 Å². The summed E-state index contributed by atoms with van der Waals surface area (Å²) in [6, 6.07) is 12.8. The zero-order valence-corrected chi connectivity index (χ0v) is 16.5. The fourth-order valence-electron chi connectivity index (χ4n) is 4.24. The molecule has 0 spiro atoms. The molecule has 8 heteroatoms. The van der Waals surface area contributed by atoms with E-state index in [1.54, 1.807) is 10.6 Å². The quantitative estimate of drug-likeness (QED) is 0.839. The van der Waals surface area contributed by atoms with Crippen LogP contribution in [-0.2, 0) is 27.8 Å². The number of hydrogen-bond acceptors (Lipinski definition) is 4. The normalized spacial score (nSPS) is 21.8. The Balaban J connectivity index is 1.56. The molecule has 1 aromatic carbocycles. The van der Waals surface area contributed by atoms with Crippen LogP contribution in [0.3, 0.4) is 0 Å². The van der Waals surface area contributed by atoms with Crippen LogP contribution in [0.2, 0.25) is 0 Å². The molecule has 0 unspecified atom stereocenters. The van der Waals surface area contributed by atoms with E-state index in [-0.39, 0.29) is 35.4 Å². The molecule has 148 valence electrons. The Morgan fingerprint density at radius 3 is 2.57 bits per heavy atom. The third kappa shape index (κ3) is 3.74. The minimum absolute atomic E-state index is 0.00370. The molecular formula is C20H23N3O4S. The van der Waals surface area contributed by atoms with Crippen LogP contribution in [0.1, 0.15) is 23.6 Å². The van der Waals surface area contributed by atoms with Gasteiger partial charge in [0, 0.05) is 31.2 Å². The van der Waals surface area contributed by atoms with Crippen molar-refractivity contribution in [1.82, 2.24) is 8.87 Å². The summed E-state index contributed by atoms with van der Waals surface area (Å²) in [6.45, 7) is 1.30. The van der Waals surface area contributed by atoms with E-state index in [4.69, 9.17) is 0 Å². The number of amides is 1. The third-order valence-corrected chi connectivity index (χ3v) is 6.76. The Kier molecular flexibility index (Phi) is 4.84. The molecule has 1 saturated heterocycles. The lowest BCUT2D eigenvalue weighted by atomic mass is 9.84. The predicted octanol–water partition coefficient (Wildman–Crippen LogP) is 1.41. The van der Waals surface area contributed by atoms with Gasteiger partial charge in [-0.3, -0.25) is 9.59 Å². The highest BCUT2D eigenvalue weighted by Gasteiger charge is 2.37. The maximum absolute atomic E-state index is 12.9. The molecule has 2 bridgehead atoms. The first-order valence-corrected chi connectivity index (χ1v) is 11.2. The summed E-state index contributed by atoms with van der Waals surface area (Å²) in [5.41, 5.74) is 1.77. The van der Waals surface area contributed by atoms with Crippen molar-refractivity contribution >= 4 is 21.6 Å². The highest BCUT2D eigenvalue weighted by molar-refractivity contribution is 7.88. The Bertz CT molecular complexity index is 1060. The lowest BCUT2D eigenvalue weighted by molar-refractivity contribution is -0.115. The number of carbonyl (C=O) groups is 1. The van der Waals surface area contributed by atoms with Gasteiger partial charge in [0.1, 0.15) is 5.69 Å². The first-order chi connectivity index (χ1) is 13.3.